The predicted octanol–water partition coefficient (Wildman–Crippen LogP) is 6.67. The summed E-state index contributed by atoms with van der Waals surface area (Å²) in [6.45, 7) is 13.6. The van der Waals surface area contributed by atoms with Crippen molar-refractivity contribution in [3.63, 3.8) is 0 Å². The molecule has 4 aromatic heterocycles. The average molecular weight is 1120 g/mol. The molecule has 438 valence electrons. The van der Waals surface area contributed by atoms with Gasteiger partial charge in [0.05, 0.1) is 50.2 Å². The van der Waals surface area contributed by atoms with E-state index in [0.717, 1.165) is 129 Å². The van der Waals surface area contributed by atoms with Crippen LogP contribution in [0.4, 0.5) is 23.0 Å². The number of aromatic nitrogens is 6. The number of morpholine rings is 2. The molecule has 2 atom stereocenters. The number of carbonyl (C=O) groups is 4. The molecule has 82 heavy (non-hydrogen) atoms. The van der Waals surface area contributed by atoms with Gasteiger partial charge < -0.3 is 52.2 Å². The molecule has 2 amide bonds. The van der Waals surface area contributed by atoms with Crippen molar-refractivity contribution in [1.29, 1.82) is 0 Å². The Balaban J connectivity index is 0.000000256. The zero-order valence-corrected chi connectivity index (χ0v) is 48.2. The molecule has 2 aliphatic rings. The summed E-state index contributed by atoms with van der Waals surface area (Å²) >= 11 is 0. The van der Waals surface area contributed by atoms with Crippen molar-refractivity contribution >= 4 is 46.4 Å². The van der Waals surface area contributed by atoms with E-state index in [4.69, 9.17) is 31.8 Å². The lowest BCUT2D eigenvalue weighted by Crippen LogP contribution is -2.37. The van der Waals surface area contributed by atoms with Crippen molar-refractivity contribution in [3.8, 4) is 22.5 Å². The third kappa shape index (κ3) is 19.2. The van der Waals surface area contributed by atoms with E-state index in [9.17, 15) is 19.2 Å². The molecule has 0 bridgehead atoms. The van der Waals surface area contributed by atoms with Gasteiger partial charge in [0.2, 0.25) is 11.8 Å². The first-order chi connectivity index (χ1) is 39.9. The van der Waals surface area contributed by atoms with Crippen LogP contribution in [-0.2, 0) is 44.7 Å². The third-order valence-corrected chi connectivity index (χ3v) is 14.4. The number of aliphatic hydroxyl groups excluding tert-OH is 1. The Morgan fingerprint density at radius 3 is 1.38 bits per heavy atom. The maximum absolute atomic E-state index is 13.3. The van der Waals surface area contributed by atoms with Crippen LogP contribution in [0, 0.1) is 11.8 Å². The number of rotatable bonds is 26. The summed E-state index contributed by atoms with van der Waals surface area (Å²) in [5, 5.41) is 13.1. The fourth-order valence-electron chi connectivity index (χ4n) is 9.59. The first-order valence-electron chi connectivity index (χ1n) is 28.6. The molecule has 0 radical (unpaired) electrons. The van der Waals surface area contributed by atoms with Gasteiger partial charge in [-0.25, -0.2) is 19.9 Å². The number of hydrogen-bond donors (Lipinski definition) is 6. The van der Waals surface area contributed by atoms with E-state index in [1.54, 1.807) is 37.2 Å². The highest BCUT2D eigenvalue weighted by Gasteiger charge is 2.23. The Bertz CT molecular complexity index is 2750. The van der Waals surface area contributed by atoms with Gasteiger partial charge in [-0.2, -0.15) is 0 Å². The molecule has 20 heteroatoms. The largest absolute Gasteiger partial charge is 0.400 e. The van der Waals surface area contributed by atoms with Crippen LogP contribution in [0.25, 0.3) is 22.5 Å². The molecule has 0 saturated carbocycles. The number of nitrogens with two attached hydrogens (primary N) is 3. The first-order valence-corrected chi connectivity index (χ1v) is 28.6. The summed E-state index contributed by atoms with van der Waals surface area (Å²) in [6, 6.07) is 19.7. The lowest BCUT2D eigenvalue weighted by atomic mass is 10.0. The van der Waals surface area contributed by atoms with Gasteiger partial charge >= 0.3 is 0 Å². The fraction of sp³-hybridized carbons (Fsp3) is 0.452. The Morgan fingerprint density at radius 1 is 0.585 bits per heavy atom. The van der Waals surface area contributed by atoms with E-state index >= 15 is 0 Å². The molecule has 2 aromatic carbocycles. The van der Waals surface area contributed by atoms with E-state index in [1.165, 1.54) is 6.42 Å². The molecular weight excluding hydrogens is 1040 g/mol. The second-order valence-electron chi connectivity index (χ2n) is 20.4. The number of nitrogen functional groups attached to an aromatic ring is 2. The summed E-state index contributed by atoms with van der Waals surface area (Å²) in [5.74, 6) is 0.0245. The van der Waals surface area contributed by atoms with Gasteiger partial charge in [-0.15, -0.1) is 0 Å². The molecule has 2 aliphatic heterocycles. The number of nitrogens with zero attached hydrogens (tertiary/aromatic N) is 8. The minimum absolute atomic E-state index is 0.0148. The number of pyridine rings is 2. The highest BCUT2D eigenvalue weighted by molar-refractivity contribution is 6.01. The van der Waals surface area contributed by atoms with Crippen LogP contribution < -0.4 is 37.6 Å². The average Bonchev–Trinajstić information content (AvgIpc) is 3.63. The van der Waals surface area contributed by atoms with Crippen molar-refractivity contribution in [2.45, 2.75) is 91.4 Å². The molecule has 6 aromatic rings. The van der Waals surface area contributed by atoms with Crippen molar-refractivity contribution in [2.75, 3.05) is 101 Å². The number of carbonyl (C=O) groups excluding carboxylic acids is 4. The Morgan fingerprint density at radius 2 is 0.988 bits per heavy atom. The SMILES string of the molecule is CCCCC[C@H](C)C(=O)NCCc1ccc(-c2cnc(N)c(C(=O)Cc3cnccc3N3CCOCC3)n2)cc1.CO.C[C@@H](CCCCN)C(=O)NCCc1ccc(-c2cnc(N)c(C(=O)Cc3cnccc3N3CCOCC3)n2)cc1. The van der Waals surface area contributed by atoms with Gasteiger partial charge in [-0.05, 0) is 61.9 Å². The van der Waals surface area contributed by atoms with Crippen LogP contribution in [0.2, 0.25) is 0 Å². The van der Waals surface area contributed by atoms with Gasteiger partial charge in [0, 0.05) is 129 Å². The summed E-state index contributed by atoms with van der Waals surface area (Å²) in [6.07, 6.45) is 18.9. The topological polar surface area (TPSA) is 293 Å². The zero-order chi connectivity index (χ0) is 58.6. The summed E-state index contributed by atoms with van der Waals surface area (Å²) in [7, 11) is 1.00. The molecule has 8 rings (SSSR count). The molecule has 9 N–H and O–H groups in total. The van der Waals surface area contributed by atoms with Gasteiger partial charge in [-0.1, -0.05) is 95.0 Å². The van der Waals surface area contributed by atoms with Crippen LogP contribution in [0.15, 0.2) is 97.8 Å². The number of benzene rings is 2. The van der Waals surface area contributed by atoms with E-state index in [-0.39, 0.29) is 71.1 Å². The number of amides is 2. The number of ketones is 2. The van der Waals surface area contributed by atoms with Crippen LogP contribution in [0.5, 0.6) is 0 Å². The number of hydrogen-bond acceptors (Lipinski definition) is 18. The minimum Gasteiger partial charge on any atom is -0.400 e. The van der Waals surface area contributed by atoms with E-state index < -0.39 is 0 Å². The van der Waals surface area contributed by atoms with Gasteiger partial charge in [0.15, 0.2) is 23.2 Å². The fourth-order valence-corrected chi connectivity index (χ4v) is 9.59. The molecule has 6 heterocycles. The number of aliphatic hydroxyl groups is 1. The van der Waals surface area contributed by atoms with Crippen molar-refractivity contribution in [2.24, 2.45) is 17.6 Å². The standard InChI is InChI=1S/C31H40N6O3.C30H39N7O3.CH4O/c1-3-4-5-6-22(2)31(39)34-14-11-23-7-9-24(10-8-23)26-21-35-30(32)29(36-26)28(38)19-25-20-33-13-12-27(25)37-15-17-40-18-16-37;1-21(4-2-3-11-31)30(39)34-13-9-22-5-7-23(8-6-22)25-20-35-29(32)28(36-25)27(38)18-24-19-33-12-10-26(24)37-14-16-40-17-15-37;1-2/h7-10,12-13,20-22H,3-6,11,14-19H2,1-2H3,(H2,32,35)(H,34,39);5-8,10,12,19-21H,2-4,9,11,13-18,31H2,1H3,(H2,32,35)(H,34,39);2H,1H3/t22-;21-;/m00./s1. The lowest BCUT2D eigenvalue weighted by molar-refractivity contribution is -0.125. The zero-order valence-electron chi connectivity index (χ0n) is 48.2. The summed E-state index contributed by atoms with van der Waals surface area (Å²) in [5.41, 5.74) is 26.6. The Kier molecular flexibility index (Phi) is 26.2. The normalized spacial score (nSPS) is 13.8. The number of anilines is 4. The van der Waals surface area contributed by atoms with Gasteiger partial charge in [0.1, 0.15) is 11.4 Å². The van der Waals surface area contributed by atoms with E-state index in [0.29, 0.717) is 57.4 Å². The monoisotopic (exact) mass is 1120 g/mol. The van der Waals surface area contributed by atoms with Crippen LogP contribution in [-0.4, -0.2) is 138 Å². The number of ether oxygens (including phenoxy) is 2. The lowest BCUT2D eigenvalue weighted by Gasteiger charge is -2.30. The first kappa shape index (κ1) is 63.4. The molecule has 2 saturated heterocycles. The number of Topliss-reactive ketones (excluding diaryl/α,β-unsaturated/α-hetero) is 2. The number of unbranched alkanes of at least 4 members (excludes halogenated alkanes) is 3. The summed E-state index contributed by atoms with van der Waals surface area (Å²) in [4.78, 5) is 81.8. The minimum atomic E-state index is -0.209. The smallest absolute Gasteiger partial charge is 0.222 e. The van der Waals surface area contributed by atoms with Crippen LogP contribution in [0.3, 0.4) is 0 Å². The molecule has 0 spiro atoms. The molecule has 0 aliphatic carbocycles. The van der Waals surface area contributed by atoms with Crippen LogP contribution >= 0.6 is 0 Å². The Labute approximate surface area is 482 Å². The maximum Gasteiger partial charge on any atom is 0.222 e. The molecule has 2 fully saturated rings. The second kappa shape index (κ2) is 33.8. The van der Waals surface area contributed by atoms with Crippen molar-refractivity contribution in [1.82, 2.24) is 40.5 Å². The Hall–Kier alpha value is -7.78. The molecule has 0 unspecified atom stereocenters. The van der Waals surface area contributed by atoms with Gasteiger partial charge in [0.25, 0.3) is 0 Å². The predicted molar refractivity (Wildman–Crippen MR) is 321 cm³/mol. The summed E-state index contributed by atoms with van der Waals surface area (Å²) < 4.78 is 10.9. The second-order valence-corrected chi connectivity index (χ2v) is 20.4. The van der Waals surface area contributed by atoms with E-state index in [2.05, 4.69) is 57.3 Å². The molecule has 20 nitrogen and oxygen atoms in total. The maximum atomic E-state index is 13.3. The van der Waals surface area contributed by atoms with E-state index in [1.807, 2.05) is 74.5 Å². The van der Waals surface area contributed by atoms with Crippen molar-refractivity contribution < 1.29 is 33.8 Å². The van der Waals surface area contributed by atoms with Gasteiger partial charge in [-0.3, -0.25) is 29.1 Å². The molecular formula is C62H83N13O7. The quantitative estimate of drug-likeness (QED) is 0.0244. The number of nitrogens with one attached hydrogen (secondary N) is 2. The highest BCUT2D eigenvalue weighted by Crippen LogP contribution is 2.27. The van der Waals surface area contributed by atoms with Crippen LogP contribution in [0.1, 0.15) is 109 Å². The van der Waals surface area contributed by atoms with Crippen molar-refractivity contribution in [3.05, 3.63) is 131 Å². The third-order valence-electron chi connectivity index (χ3n) is 14.4. The highest BCUT2D eigenvalue weighted by atomic mass is 16.5.